The lowest BCUT2D eigenvalue weighted by atomic mass is 10.1. The number of carbonyl (C=O) groups excluding carboxylic acids is 2. The van der Waals surface area contributed by atoms with Crippen LogP contribution in [0.3, 0.4) is 0 Å². The summed E-state index contributed by atoms with van der Waals surface area (Å²) in [5.74, 6) is -1.44. The van der Waals surface area contributed by atoms with Crippen molar-refractivity contribution in [2.45, 2.75) is 6.18 Å². The van der Waals surface area contributed by atoms with Gasteiger partial charge in [-0.25, -0.2) is 4.79 Å². The maximum Gasteiger partial charge on any atom is 0.416 e. The zero-order chi connectivity index (χ0) is 19.2. The minimum Gasteiger partial charge on any atom is -0.452 e. The lowest BCUT2D eigenvalue weighted by Crippen LogP contribution is -2.19. The van der Waals surface area contributed by atoms with Gasteiger partial charge in [0.2, 0.25) is 0 Å². The van der Waals surface area contributed by atoms with E-state index in [9.17, 15) is 22.8 Å². The van der Waals surface area contributed by atoms with Gasteiger partial charge in [0.1, 0.15) is 11.1 Å². The Morgan fingerprint density at radius 1 is 1.23 bits per heavy atom. The van der Waals surface area contributed by atoms with E-state index in [0.29, 0.717) is 16.1 Å². The number of benzene rings is 1. The second-order valence-electron chi connectivity index (χ2n) is 4.88. The van der Waals surface area contributed by atoms with Crippen molar-refractivity contribution < 1.29 is 27.5 Å². The van der Waals surface area contributed by atoms with Crippen LogP contribution in [0.5, 0.6) is 0 Å². The molecule has 0 spiro atoms. The Morgan fingerprint density at radius 2 is 1.92 bits per heavy atom. The first kappa shape index (κ1) is 19.2. The standard InChI is InChI=1S/C17H11F3N2O3S/c18-17(19,20)13-4-1-11(2-5-13)3-6-15(24)25-10-14(23)22-16-12(9-21)7-8-26-16/h1-8H,10H2,(H,22,23)/b6-3+. The number of amides is 1. The molecule has 0 aliphatic heterocycles. The first-order chi connectivity index (χ1) is 12.3. The van der Waals surface area contributed by atoms with Crippen molar-refractivity contribution in [2.24, 2.45) is 0 Å². The molecule has 0 aliphatic carbocycles. The molecule has 5 nitrogen and oxygen atoms in total. The molecule has 0 atom stereocenters. The van der Waals surface area contributed by atoms with E-state index in [4.69, 9.17) is 10.00 Å². The van der Waals surface area contributed by atoms with E-state index in [1.54, 1.807) is 11.4 Å². The molecule has 0 aliphatic rings. The van der Waals surface area contributed by atoms with Crippen LogP contribution in [-0.2, 0) is 20.5 Å². The number of hydrogen-bond donors (Lipinski definition) is 1. The molecule has 0 saturated heterocycles. The van der Waals surface area contributed by atoms with Crippen LogP contribution in [0.25, 0.3) is 6.08 Å². The van der Waals surface area contributed by atoms with Gasteiger partial charge in [0, 0.05) is 6.08 Å². The number of ether oxygens (including phenoxy) is 1. The van der Waals surface area contributed by atoms with Crippen molar-refractivity contribution in [1.29, 1.82) is 5.26 Å². The Labute approximate surface area is 150 Å². The third kappa shape index (κ3) is 5.46. The van der Waals surface area contributed by atoms with Crippen LogP contribution in [0.1, 0.15) is 16.7 Å². The monoisotopic (exact) mass is 380 g/mol. The molecule has 0 unspecified atom stereocenters. The van der Waals surface area contributed by atoms with Gasteiger partial charge in [-0.05, 0) is 35.2 Å². The van der Waals surface area contributed by atoms with Crippen molar-refractivity contribution in [3.63, 3.8) is 0 Å². The average Bonchev–Trinajstić information content (AvgIpc) is 3.04. The number of thiophene rings is 1. The zero-order valence-electron chi connectivity index (χ0n) is 13.0. The molecule has 0 fully saturated rings. The molecule has 1 heterocycles. The summed E-state index contributed by atoms with van der Waals surface area (Å²) in [6.45, 7) is -0.557. The van der Waals surface area contributed by atoms with Crippen molar-refractivity contribution in [3.05, 3.63) is 58.5 Å². The minimum absolute atomic E-state index is 0.303. The van der Waals surface area contributed by atoms with Crippen LogP contribution in [-0.4, -0.2) is 18.5 Å². The predicted octanol–water partition coefficient (Wildman–Crippen LogP) is 3.83. The van der Waals surface area contributed by atoms with E-state index in [2.05, 4.69) is 5.32 Å². The van der Waals surface area contributed by atoms with Crippen molar-refractivity contribution in [2.75, 3.05) is 11.9 Å². The van der Waals surface area contributed by atoms with Gasteiger partial charge < -0.3 is 10.1 Å². The minimum atomic E-state index is -4.43. The number of hydrogen-bond acceptors (Lipinski definition) is 5. The molecule has 0 bridgehead atoms. The van der Waals surface area contributed by atoms with Crippen molar-refractivity contribution >= 4 is 34.3 Å². The number of nitrogens with zero attached hydrogens (tertiary/aromatic N) is 1. The average molecular weight is 380 g/mol. The molecule has 1 amide bonds. The summed E-state index contributed by atoms with van der Waals surface area (Å²) in [6, 6.07) is 7.65. The van der Waals surface area contributed by atoms with E-state index >= 15 is 0 Å². The van der Waals surface area contributed by atoms with Crippen LogP contribution in [0.2, 0.25) is 0 Å². The Morgan fingerprint density at radius 3 is 2.54 bits per heavy atom. The van der Waals surface area contributed by atoms with Crippen LogP contribution >= 0.6 is 11.3 Å². The van der Waals surface area contributed by atoms with Gasteiger partial charge in [-0.3, -0.25) is 4.79 Å². The molecular weight excluding hydrogens is 369 g/mol. The van der Waals surface area contributed by atoms with Crippen LogP contribution < -0.4 is 5.32 Å². The number of alkyl halides is 3. The van der Waals surface area contributed by atoms with Gasteiger partial charge in [-0.2, -0.15) is 18.4 Å². The summed E-state index contributed by atoms with van der Waals surface area (Å²) in [4.78, 5) is 23.2. The SMILES string of the molecule is N#Cc1ccsc1NC(=O)COC(=O)/C=C/c1ccc(C(F)(F)F)cc1. The molecule has 1 N–H and O–H groups in total. The van der Waals surface area contributed by atoms with E-state index in [1.165, 1.54) is 18.2 Å². The summed E-state index contributed by atoms with van der Waals surface area (Å²) >= 11 is 1.16. The fraction of sp³-hybridized carbons (Fsp3) is 0.118. The highest BCUT2D eigenvalue weighted by molar-refractivity contribution is 7.14. The van der Waals surface area contributed by atoms with Gasteiger partial charge in [0.15, 0.2) is 6.61 Å². The van der Waals surface area contributed by atoms with Gasteiger partial charge in [-0.1, -0.05) is 12.1 Å². The number of nitrogens with one attached hydrogen (secondary N) is 1. The fourth-order valence-electron chi connectivity index (χ4n) is 1.79. The number of nitriles is 1. The molecule has 2 rings (SSSR count). The van der Waals surface area contributed by atoms with E-state index < -0.39 is 30.2 Å². The normalized spacial score (nSPS) is 11.2. The Bertz CT molecular complexity index is 865. The molecule has 2 aromatic rings. The number of carbonyl (C=O) groups is 2. The summed E-state index contributed by atoms with van der Waals surface area (Å²) in [5.41, 5.74) is -0.118. The van der Waals surface area contributed by atoms with Gasteiger partial charge in [0.05, 0.1) is 11.1 Å². The summed E-state index contributed by atoms with van der Waals surface area (Å²) < 4.78 is 42.1. The third-order valence-corrected chi connectivity index (χ3v) is 3.86. The van der Waals surface area contributed by atoms with E-state index in [1.807, 2.05) is 6.07 Å². The van der Waals surface area contributed by atoms with Gasteiger partial charge in [0.25, 0.3) is 5.91 Å². The maximum absolute atomic E-state index is 12.4. The molecule has 1 aromatic heterocycles. The Kier molecular flexibility index (Phi) is 6.14. The highest BCUT2D eigenvalue weighted by atomic mass is 32.1. The predicted molar refractivity (Wildman–Crippen MR) is 89.1 cm³/mol. The third-order valence-electron chi connectivity index (χ3n) is 3.03. The Hall–Kier alpha value is -3.12. The second kappa shape index (κ2) is 8.31. The summed E-state index contributed by atoms with van der Waals surface area (Å²) in [6.07, 6.45) is -2.16. The molecule has 1 aromatic carbocycles. The lowest BCUT2D eigenvalue weighted by Gasteiger charge is -2.06. The molecule has 0 radical (unpaired) electrons. The first-order valence-corrected chi connectivity index (χ1v) is 7.97. The molecular formula is C17H11F3N2O3S. The lowest BCUT2D eigenvalue weighted by molar-refractivity contribution is -0.142. The van der Waals surface area contributed by atoms with E-state index in [-0.39, 0.29) is 0 Å². The van der Waals surface area contributed by atoms with E-state index in [0.717, 1.165) is 29.5 Å². The second-order valence-corrected chi connectivity index (χ2v) is 5.80. The molecule has 26 heavy (non-hydrogen) atoms. The van der Waals surface area contributed by atoms with Crippen molar-refractivity contribution in [3.8, 4) is 6.07 Å². The smallest absolute Gasteiger partial charge is 0.416 e. The van der Waals surface area contributed by atoms with Gasteiger partial charge >= 0.3 is 12.1 Å². The van der Waals surface area contributed by atoms with Gasteiger partial charge in [-0.15, -0.1) is 11.3 Å². The molecule has 0 saturated carbocycles. The first-order valence-electron chi connectivity index (χ1n) is 7.09. The molecule has 9 heteroatoms. The number of anilines is 1. The number of rotatable bonds is 5. The number of halogens is 3. The largest absolute Gasteiger partial charge is 0.452 e. The van der Waals surface area contributed by atoms with Crippen LogP contribution in [0.15, 0.2) is 41.8 Å². The molecule has 134 valence electrons. The highest BCUT2D eigenvalue weighted by Gasteiger charge is 2.29. The van der Waals surface area contributed by atoms with Crippen molar-refractivity contribution in [1.82, 2.24) is 0 Å². The Balaban J connectivity index is 1.84. The van der Waals surface area contributed by atoms with Crippen LogP contribution in [0, 0.1) is 11.3 Å². The summed E-state index contributed by atoms with van der Waals surface area (Å²) in [7, 11) is 0. The quantitative estimate of drug-likeness (QED) is 0.632. The van der Waals surface area contributed by atoms with Crippen LogP contribution in [0.4, 0.5) is 18.2 Å². The number of esters is 1. The highest BCUT2D eigenvalue weighted by Crippen LogP contribution is 2.29. The zero-order valence-corrected chi connectivity index (χ0v) is 13.9. The summed E-state index contributed by atoms with van der Waals surface area (Å²) in [5, 5.41) is 13.3. The topological polar surface area (TPSA) is 79.2 Å². The fourth-order valence-corrected chi connectivity index (χ4v) is 2.54. The maximum atomic E-state index is 12.4.